The van der Waals surface area contributed by atoms with Crippen LogP contribution in [0, 0.1) is 17.7 Å². The first-order valence-electron chi connectivity index (χ1n) is 4.92. The summed E-state index contributed by atoms with van der Waals surface area (Å²) in [6.45, 7) is 5.08. The average Bonchev–Trinajstić information content (AvgIpc) is 2.14. The normalized spacial score (nSPS) is 11.6. The topological polar surface area (TPSA) is 88.5 Å². The quantitative estimate of drug-likeness (QED) is 0.560. The zero-order valence-electron chi connectivity index (χ0n) is 10.1. The first-order valence-corrected chi connectivity index (χ1v) is 4.92. The maximum absolute atomic E-state index is 11.4. The Morgan fingerprint density at radius 3 is 2.53 bits per heavy atom. The molecule has 0 aromatic heterocycles. The van der Waals surface area contributed by atoms with Crippen LogP contribution in [0.15, 0.2) is 0 Å². The molecule has 0 radical (unpaired) electrons. The van der Waals surface area contributed by atoms with Crippen molar-refractivity contribution in [2.45, 2.75) is 38.8 Å². The maximum atomic E-state index is 11.4. The van der Waals surface area contributed by atoms with Crippen molar-refractivity contribution in [2.75, 3.05) is 0 Å². The Labute approximate surface area is 101 Å². The first-order chi connectivity index (χ1) is 7.80. The minimum atomic E-state index is -1.02. The van der Waals surface area contributed by atoms with Gasteiger partial charge in [0.05, 0.1) is 0 Å². The van der Waals surface area contributed by atoms with Gasteiger partial charge in [-0.15, -0.1) is 0 Å². The van der Waals surface area contributed by atoms with Gasteiger partial charge >= 0.3 is 100 Å². The predicted octanol–water partition coefficient (Wildman–Crippen LogP) is 0.828. The van der Waals surface area contributed by atoms with E-state index in [1.165, 1.54) is 0 Å². The van der Waals surface area contributed by atoms with Crippen molar-refractivity contribution in [1.29, 1.82) is 5.31 Å². The number of rotatable bonds is 4. The summed E-state index contributed by atoms with van der Waals surface area (Å²) in [7, 11) is 0.475. The number of carbonyl (C=O) groups is 2. The summed E-state index contributed by atoms with van der Waals surface area (Å²) in [6, 6.07) is -1.02. The first kappa shape index (κ1) is 15.2. The molecule has 0 unspecified atom stereocenters. The molecule has 0 aliphatic rings. The Kier molecular flexibility index (Phi) is 5.96. The Balaban J connectivity index is 4.45. The molecule has 6 nitrogen and oxygen atoms in total. The van der Waals surface area contributed by atoms with Crippen LogP contribution < -0.4 is 5.32 Å². The Morgan fingerprint density at radius 1 is 1.53 bits per heavy atom. The number of amides is 1. The van der Waals surface area contributed by atoms with Gasteiger partial charge in [-0.05, 0) is 0 Å². The number of terminal acetylenes is 1. The Morgan fingerprint density at radius 2 is 2.12 bits per heavy atom. The van der Waals surface area contributed by atoms with Crippen LogP contribution in [0.2, 0.25) is 0 Å². The Hall–Kier alpha value is -1.84. The third-order valence-electron chi connectivity index (χ3n) is 1.47. The number of hydrogen-bond acceptors (Lipinski definition) is 5. The molecule has 0 aliphatic carbocycles. The van der Waals surface area contributed by atoms with Crippen LogP contribution >= 0.6 is 0 Å². The van der Waals surface area contributed by atoms with Crippen LogP contribution in [0.1, 0.15) is 27.2 Å². The van der Waals surface area contributed by atoms with E-state index in [2.05, 4.69) is 15.9 Å². The summed E-state index contributed by atoms with van der Waals surface area (Å²) in [6.07, 6.45) is 4.26. The molecule has 0 aliphatic heterocycles. The van der Waals surface area contributed by atoms with Gasteiger partial charge in [0.25, 0.3) is 0 Å². The van der Waals surface area contributed by atoms with Gasteiger partial charge in [-0.2, -0.15) is 0 Å². The van der Waals surface area contributed by atoms with E-state index >= 15 is 0 Å². The number of alkyl carbamates (subject to hydrolysis) is 1. The van der Waals surface area contributed by atoms with Crippen molar-refractivity contribution >= 4 is 19.3 Å². The monoisotopic (exact) mass is 238 g/mol. The molecule has 0 aromatic rings. The van der Waals surface area contributed by atoms with Crippen LogP contribution in [0.4, 0.5) is 4.79 Å². The summed E-state index contributed by atoms with van der Waals surface area (Å²) >= 11 is 0. The van der Waals surface area contributed by atoms with Crippen molar-refractivity contribution in [3.05, 3.63) is 0 Å². The number of hydrogen-bond donors (Lipinski definition) is 2. The molecule has 0 spiro atoms. The molecule has 0 saturated carbocycles. The second kappa shape index (κ2) is 6.68. The SMILES string of the molecule is C#CC[C@H](NC(=O)OC(C)(C)C)C(=O)OB=N. The van der Waals surface area contributed by atoms with E-state index in [4.69, 9.17) is 16.5 Å². The van der Waals surface area contributed by atoms with Crippen LogP contribution in [0.5, 0.6) is 0 Å². The zero-order chi connectivity index (χ0) is 13.5. The van der Waals surface area contributed by atoms with Crippen molar-refractivity contribution in [3.63, 3.8) is 0 Å². The van der Waals surface area contributed by atoms with Crippen LogP contribution in [-0.2, 0) is 14.2 Å². The number of ether oxygens (including phenoxy) is 1. The minimum absolute atomic E-state index is 0.0358. The van der Waals surface area contributed by atoms with E-state index in [9.17, 15) is 9.59 Å². The molecule has 7 heteroatoms. The van der Waals surface area contributed by atoms with Crippen LogP contribution in [0.25, 0.3) is 0 Å². The molecular formula is C10H15BN2O4. The third kappa shape index (κ3) is 7.11. The third-order valence-corrected chi connectivity index (χ3v) is 1.47. The van der Waals surface area contributed by atoms with Gasteiger partial charge in [0.1, 0.15) is 0 Å². The van der Waals surface area contributed by atoms with Gasteiger partial charge in [0, 0.05) is 0 Å². The van der Waals surface area contributed by atoms with Gasteiger partial charge in [-0.25, -0.2) is 0 Å². The van der Waals surface area contributed by atoms with Gasteiger partial charge in [-0.3, -0.25) is 0 Å². The summed E-state index contributed by atoms with van der Waals surface area (Å²) in [4.78, 5) is 22.7. The van der Waals surface area contributed by atoms with E-state index in [0.29, 0.717) is 7.27 Å². The molecule has 1 atom stereocenters. The molecule has 0 rings (SSSR count). The summed E-state index contributed by atoms with van der Waals surface area (Å²) in [5.41, 5.74) is -0.670. The second-order valence-electron chi connectivity index (χ2n) is 4.16. The molecule has 0 heterocycles. The molecule has 2 N–H and O–H groups in total. The van der Waals surface area contributed by atoms with Gasteiger partial charge in [-0.1, -0.05) is 0 Å². The summed E-state index contributed by atoms with van der Waals surface area (Å²) in [5, 5.41) is 8.90. The fourth-order valence-corrected chi connectivity index (χ4v) is 0.901. The second-order valence-corrected chi connectivity index (χ2v) is 4.16. The molecule has 92 valence electrons. The molecule has 0 bridgehead atoms. The van der Waals surface area contributed by atoms with E-state index in [-0.39, 0.29) is 6.42 Å². The van der Waals surface area contributed by atoms with Gasteiger partial charge < -0.3 is 0 Å². The fourth-order valence-electron chi connectivity index (χ4n) is 0.901. The molecule has 0 fully saturated rings. The van der Waals surface area contributed by atoms with E-state index in [0.717, 1.165) is 0 Å². The molecular weight excluding hydrogens is 223 g/mol. The van der Waals surface area contributed by atoms with Gasteiger partial charge in [0.2, 0.25) is 0 Å². The molecule has 17 heavy (non-hydrogen) atoms. The van der Waals surface area contributed by atoms with Crippen molar-refractivity contribution in [1.82, 2.24) is 5.32 Å². The van der Waals surface area contributed by atoms with Crippen molar-refractivity contribution in [2.24, 2.45) is 0 Å². The standard InChI is InChI=1S/C10H15BN2O4/c1-5-6-7(8(14)17-11-12)13-9(15)16-10(2,3)4/h1,7,12H,6H2,2-4H3,(H,13,15)/t7-/m0/s1. The van der Waals surface area contributed by atoms with E-state index in [1.807, 2.05) is 0 Å². The van der Waals surface area contributed by atoms with Crippen molar-refractivity contribution < 1.29 is 19.0 Å². The predicted molar refractivity (Wildman–Crippen MR) is 61.2 cm³/mol. The summed E-state index contributed by atoms with van der Waals surface area (Å²) in [5.74, 6) is 1.43. The molecule has 0 aromatic carbocycles. The number of nitrogens with one attached hydrogen (secondary N) is 2. The van der Waals surface area contributed by atoms with E-state index in [1.54, 1.807) is 20.8 Å². The molecule has 0 saturated heterocycles. The van der Waals surface area contributed by atoms with Crippen molar-refractivity contribution in [3.8, 4) is 12.3 Å². The molecule has 1 amide bonds. The van der Waals surface area contributed by atoms with Crippen LogP contribution in [-0.4, -0.2) is 31.0 Å². The number of carbonyl (C=O) groups excluding carboxylic acids is 2. The Bertz CT molecular complexity index is 343. The summed E-state index contributed by atoms with van der Waals surface area (Å²) < 4.78 is 9.28. The fraction of sp³-hybridized carbons (Fsp3) is 0.600. The zero-order valence-corrected chi connectivity index (χ0v) is 10.1. The van der Waals surface area contributed by atoms with E-state index < -0.39 is 23.7 Å². The van der Waals surface area contributed by atoms with Crippen LogP contribution in [0.3, 0.4) is 0 Å². The average molecular weight is 238 g/mol. The van der Waals surface area contributed by atoms with Gasteiger partial charge in [0.15, 0.2) is 0 Å².